The lowest BCUT2D eigenvalue weighted by Gasteiger charge is -2.36. The molecular weight excluding hydrogens is 246 g/mol. The number of carbonyl (C=O) groups excluding carboxylic acids is 1. The zero-order valence-electron chi connectivity index (χ0n) is 10.1. The molecule has 1 N–H and O–H groups in total. The maximum Gasteiger partial charge on any atom is 0.318 e. The lowest BCUT2D eigenvalue weighted by molar-refractivity contribution is -0.159. The largest absolute Gasteiger partial charge is 0.480 e. The first kappa shape index (κ1) is 14.0. The number of aliphatic carboxylic acids is 1. The summed E-state index contributed by atoms with van der Waals surface area (Å²) in [5, 5.41) is 8.97. The van der Waals surface area contributed by atoms with Crippen LogP contribution < -0.4 is 0 Å². The van der Waals surface area contributed by atoms with E-state index in [4.69, 9.17) is 5.11 Å². The summed E-state index contributed by atoms with van der Waals surface area (Å²) in [5.41, 5.74) is -1.52. The van der Waals surface area contributed by atoms with E-state index in [9.17, 15) is 18.0 Å². The number of amides is 1. The molecule has 1 aliphatic rings. The smallest absolute Gasteiger partial charge is 0.318 e. The van der Waals surface area contributed by atoms with Crippen LogP contribution >= 0.6 is 0 Å². The van der Waals surface area contributed by atoms with Crippen molar-refractivity contribution in [2.45, 2.75) is 26.8 Å². The van der Waals surface area contributed by atoms with Crippen LogP contribution in [0.5, 0.6) is 0 Å². The molecule has 0 aromatic rings. The maximum atomic E-state index is 12.0. The van der Waals surface area contributed by atoms with Crippen LogP contribution in [0.2, 0.25) is 0 Å². The highest BCUT2D eigenvalue weighted by molar-refractivity contribution is 7.91. The van der Waals surface area contributed by atoms with Gasteiger partial charge in [-0.2, -0.15) is 0 Å². The molecule has 1 aliphatic heterocycles. The molecule has 98 valence electrons. The van der Waals surface area contributed by atoms with E-state index in [1.807, 2.05) is 0 Å². The van der Waals surface area contributed by atoms with E-state index in [0.717, 1.165) is 0 Å². The third-order valence-electron chi connectivity index (χ3n) is 3.00. The molecule has 0 aliphatic carbocycles. The van der Waals surface area contributed by atoms with Crippen LogP contribution in [0.1, 0.15) is 20.8 Å². The lowest BCUT2D eigenvalue weighted by atomic mass is 9.91. The van der Waals surface area contributed by atoms with Crippen molar-refractivity contribution in [3.63, 3.8) is 0 Å². The van der Waals surface area contributed by atoms with Crippen molar-refractivity contribution in [3.8, 4) is 0 Å². The summed E-state index contributed by atoms with van der Waals surface area (Å²) in [5.74, 6) is -1.94. The molecule has 7 heteroatoms. The molecule has 0 spiro atoms. The van der Waals surface area contributed by atoms with E-state index in [1.54, 1.807) is 6.92 Å². The van der Waals surface area contributed by atoms with Gasteiger partial charge in [-0.05, 0) is 20.8 Å². The van der Waals surface area contributed by atoms with Gasteiger partial charge in [-0.15, -0.1) is 0 Å². The minimum absolute atomic E-state index is 0.0685. The quantitative estimate of drug-likeness (QED) is 0.693. The molecular formula is C10H17NO5S. The zero-order valence-corrected chi connectivity index (χ0v) is 11.0. The molecule has 0 saturated carbocycles. The zero-order chi connectivity index (χ0) is 13.4. The van der Waals surface area contributed by atoms with Gasteiger partial charge in [-0.3, -0.25) is 9.59 Å². The molecule has 0 aromatic heterocycles. The number of carboxylic acids is 1. The topological polar surface area (TPSA) is 91.8 Å². The van der Waals surface area contributed by atoms with Gasteiger partial charge in [0.1, 0.15) is 5.41 Å². The first-order valence-corrected chi connectivity index (χ1v) is 7.15. The lowest BCUT2D eigenvalue weighted by Crippen LogP contribution is -2.55. The van der Waals surface area contributed by atoms with Gasteiger partial charge >= 0.3 is 5.97 Å². The normalized spacial score (nSPS) is 24.4. The summed E-state index contributed by atoms with van der Waals surface area (Å²) in [7, 11) is -3.11. The predicted molar refractivity (Wildman–Crippen MR) is 61.2 cm³/mol. The fourth-order valence-electron chi connectivity index (χ4n) is 1.75. The molecule has 1 atom stereocenters. The van der Waals surface area contributed by atoms with Crippen molar-refractivity contribution in [2.75, 3.05) is 18.1 Å². The molecule has 17 heavy (non-hydrogen) atoms. The summed E-state index contributed by atoms with van der Waals surface area (Å²) in [4.78, 5) is 24.3. The van der Waals surface area contributed by atoms with E-state index < -0.39 is 33.2 Å². The predicted octanol–water partition coefficient (Wildman–Crippen LogP) is -0.257. The van der Waals surface area contributed by atoms with Gasteiger partial charge in [0.15, 0.2) is 9.84 Å². The second-order valence-corrected chi connectivity index (χ2v) is 7.12. The number of hydrogen-bond donors (Lipinski definition) is 1. The first-order chi connectivity index (χ1) is 7.58. The van der Waals surface area contributed by atoms with Crippen LogP contribution in [0, 0.1) is 5.41 Å². The van der Waals surface area contributed by atoms with E-state index in [-0.39, 0.29) is 18.1 Å². The van der Waals surface area contributed by atoms with Crippen LogP contribution in [0.15, 0.2) is 0 Å². The first-order valence-electron chi connectivity index (χ1n) is 5.33. The minimum Gasteiger partial charge on any atom is -0.480 e. The number of hydrogen-bond acceptors (Lipinski definition) is 4. The Kier molecular flexibility index (Phi) is 3.52. The highest BCUT2D eigenvalue weighted by Gasteiger charge is 2.42. The Morgan fingerprint density at radius 1 is 1.35 bits per heavy atom. The van der Waals surface area contributed by atoms with E-state index in [0.29, 0.717) is 0 Å². The second-order valence-electron chi connectivity index (χ2n) is 4.89. The summed E-state index contributed by atoms with van der Waals surface area (Å²) >= 11 is 0. The maximum absolute atomic E-state index is 12.0. The number of nitrogens with zero attached hydrogens (tertiary/aromatic N) is 1. The van der Waals surface area contributed by atoms with Gasteiger partial charge in [0, 0.05) is 12.6 Å². The molecule has 1 saturated heterocycles. The molecule has 1 amide bonds. The highest BCUT2D eigenvalue weighted by Crippen LogP contribution is 2.23. The van der Waals surface area contributed by atoms with Gasteiger partial charge in [0.05, 0.1) is 11.5 Å². The number of sulfone groups is 1. The van der Waals surface area contributed by atoms with Crippen molar-refractivity contribution in [2.24, 2.45) is 5.41 Å². The van der Waals surface area contributed by atoms with Crippen molar-refractivity contribution in [1.82, 2.24) is 4.90 Å². The number of carboxylic acid groups (broad SMARTS) is 1. The molecule has 1 unspecified atom stereocenters. The van der Waals surface area contributed by atoms with Crippen molar-refractivity contribution < 1.29 is 23.1 Å². The number of carbonyl (C=O) groups is 2. The second kappa shape index (κ2) is 4.29. The monoisotopic (exact) mass is 263 g/mol. The standard InChI is InChI=1S/C10H17NO5S/c1-7-6-17(15,16)5-4-11(7)8(12)10(2,3)9(13)14/h7H,4-6H2,1-3H3,(H,13,14). The summed E-state index contributed by atoms with van der Waals surface area (Å²) in [6.45, 7) is 4.34. The number of rotatable bonds is 2. The molecule has 1 fully saturated rings. The Balaban J connectivity index is 2.89. The third-order valence-corrected chi connectivity index (χ3v) is 4.80. The van der Waals surface area contributed by atoms with Crippen LogP contribution in [0.25, 0.3) is 0 Å². The summed E-state index contributed by atoms with van der Waals surface area (Å²) in [6, 6.07) is -0.472. The Morgan fingerprint density at radius 3 is 2.29 bits per heavy atom. The van der Waals surface area contributed by atoms with Gasteiger partial charge in [-0.1, -0.05) is 0 Å². The fraction of sp³-hybridized carbons (Fsp3) is 0.800. The van der Waals surface area contributed by atoms with Crippen LogP contribution in [-0.4, -0.2) is 54.4 Å². The Hall–Kier alpha value is -1.11. The molecule has 0 aromatic carbocycles. The van der Waals surface area contributed by atoms with Crippen molar-refractivity contribution in [3.05, 3.63) is 0 Å². The average Bonchev–Trinajstić information content (AvgIpc) is 2.15. The van der Waals surface area contributed by atoms with Gasteiger partial charge < -0.3 is 10.0 Å². The summed E-state index contributed by atoms with van der Waals surface area (Å²) in [6.07, 6.45) is 0. The summed E-state index contributed by atoms with van der Waals surface area (Å²) < 4.78 is 22.7. The van der Waals surface area contributed by atoms with E-state index >= 15 is 0 Å². The molecule has 1 rings (SSSR count). The molecule has 0 bridgehead atoms. The molecule has 6 nitrogen and oxygen atoms in total. The SMILES string of the molecule is CC1CS(=O)(=O)CCN1C(=O)C(C)(C)C(=O)O. The van der Waals surface area contributed by atoms with Crippen molar-refractivity contribution in [1.29, 1.82) is 0 Å². The van der Waals surface area contributed by atoms with Gasteiger partial charge in [0.2, 0.25) is 5.91 Å². The van der Waals surface area contributed by atoms with Crippen LogP contribution in [0.4, 0.5) is 0 Å². The Morgan fingerprint density at radius 2 is 1.88 bits per heavy atom. The van der Waals surface area contributed by atoms with Gasteiger partial charge in [0.25, 0.3) is 0 Å². The van der Waals surface area contributed by atoms with Crippen LogP contribution in [0.3, 0.4) is 0 Å². The van der Waals surface area contributed by atoms with E-state index in [2.05, 4.69) is 0 Å². The highest BCUT2D eigenvalue weighted by atomic mass is 32.2. The Labute approximate surface area is 101 Å². The fourth-order valence-corrected chi connectivity index (χ4v) is 3.31. The van der Waals surface area contributed by atoms with Crippen molar-refractivity contribution >= 4 is 21.7 Å². The molecule has 1 heterocycles. The molecule has 0 radical (unpaired) electrons. The Bertz CT molecular complexity index is 440. The van der Waals surface area contributed by atoms with Crippen LogP contribution in [-0.2, 0) is 19.4 Å². The third kappa shape index (κ3) is 2.77. The van der Waals surface area contributed by atoms with Gasteiger partial charge in [-0.25, -0.2) is 8.42 Å². The van der Waals surface area contributed by atoms with E-state index in [1.165, 1.54) is 18.7 Å². The average molecular weight is 263 g/mol. The minimum atomic E-state index is -3.11.